The number of methoxy groups -OCH3 is 1. The Balaban J connectivity index is 1.85. The van der Waals surface area contributed by atoms with E-state index < -0.39 is 16.7 Å². The van der Waals surface area contributed by atoms with Crippen molar-refractivity contribution in [2.24, 2.45) is 0 Å². The van der Waals surface area contributed by atoms with Crippen molar-refractivity contribution in [3.8, 4) is 5.75 Å². The number of anilines is 2. The highest BCUT2D eigenvalue weighted by Crippen LogP contribution is 2.32. The molecule has 26 heavy (non-hydrogen) atoms. The number of imide groups is 1. The first-order valence-electron chi connectivity index (χ1n) is 7.36. The summed E-state index contributed by atoms with van der Waals surface area (Å²) in [7, 11) is 1.54. The van der Waals surface area contributed by atoms with E-state index in [1.54, 1.807) is 31.4 Å². The maximum atomic E-state index is 12.7. The van der Waals surface area contributed by atoms with Gasteiger partial charge in [0.2, 0.25) is 0 Å². The first-order valence-corrected chi connectivity index (χ1v) is 8.15. The molecule has 0 fully saturated rings. The first kappa shape index (κ1) is 17.6. The number of hydrogen-bond donors (Lipinski definition) is 1. The van der Waals surface area contributed by atoms with Crippen LogP contribution in [0.5, 0.6) is 5.75 Å². The quantitative estimate of drug-likeness (QED) is 0.455. The van der Waals surface area contributed by atoms with Crippen LogP contribution in [0.2, 0.25) is 0 Å². The van der Waals surface area contributed by atoms with Crippen LogP contribution in [0, 0.1) is 10.1 Å². The molecule has 9 heteroatoms. The molecule has 0 atom stereocenters. The summed E-state index contributed by atoms with van der Waals surface area (Å²) >= 11 is 3.14. The van der Waals surface area contributed by atoms with Gasteiger partial charge in [0.05, 0.1) is 17.7 Å². The number of halogens is 1. The maximum Gasteiger partial charge on any atom is 0.283 e. The second kappa shape index (κ2) is 6.96. The van der Waals surface area contributed by atoms with Gasteiger partial charge in [-0.2, -0.15) is 0 Å². The predicted molar refractivity (Wildman–Crippen MR) is 98.2 cm³/mol. The Bertz CT molecular complexity index is 922. The molecule has 0 saturated heterocycles. The molecule has 0 saturated carbocycles. The third-order valence-corrected chi connectivity index (χ3v) is 4.44. The summed E-state index contributed by atoms with van der Waals surface area (Å²) in [5.74, 6) is -0.462. The van der Waals surface area contributed by atoms with Crippen LogP contribution in [-0.2, 0) is 9.59 Å². The van der Waals surface area contributed by atoms with Gasteiger partial charge in [0.15, 0.2) is 0 Å². The summed E-state index contributed by atoms with van der Waals surface area (Å²) in [5, 5.41) is 13.6. The third-order valence-electron chi connectivity index (χ3n) is 3.71. The van der Waals surface area contributed by atoms with E-state index >= 15 is 0 Å². The second-order valence-electron chi connectivity index (χ2n) is 5.26. The monoisotopic (exact) mass is 417 g/mol. The number of non-ortho nitro benzene ring substituents is 1. The molecule has 132 valence electrons. The summed E-state index contributed by atoms with van der Waals surface area (Å²) < 4.78 is 5.15. The van der Waals surface area contributed by atoms with Crippen molar-refractivity contribution in [2.75, 3.05) is 17.3 Å². The van der Waals surface area contributed by atoms with Crippen LogP contribution in [0.4, 0.5) is 17.1 Å². The molecule has 2 aromatic carbocycles. The second-order valence-corrected chi connectivity index (χ2v) is 6.05. The number of nitro groups is 1. The Morgan fingerprint density at radius 3 is 2.19 bits per heavy atom. The van der Waals surface area contributed by atoms with Crippen LogP contribution < -0.4 is 15.0 Å². The molecule has 2 amide bonds. The minimum atomic E-state index is -0.563. The fourth-order valence-electron chi connectivity index (χ4n) is 2.39. The number of benzene rings is 2. The van der Waals surface area contributed by atoms with E-state index in [1.807, 2.05) is 0 Å². The summed E-state index contributed by atoms with van der Waals surface area (Å²) in [6, 6.07) is 12.0. The topological polar surface area (TPSA) is 102 Å². The highest BCUT2D eigenvalue weighted by molar-refractivity contribution is 9.12. The Morgan fingerprint density at radius 2 is 1.65 bits per heavy atom. The van der Waals surface area contributed by atoms with Gasteiger partial charge in [-0.1, -0.05) is 0 Å². The number of nitrogens with zero attached hydrogens (tertiary/aromatic N) is 2. The molecule has 0 spiro atoms. The van der Waals surface area contributed by atoms with Crippen LogP contribution in [0.15, 0.2) is 58.7 Å². The lowest BCUT2D eigenvalue weighted by atomic mass is 10.2. The largest absolute Gasteiger partial charge is 0.497 e. The number of amides is 2. The average Bonchev–Trinajstić information content (AvgIpc) is 2.86. The first-order chi connectivity index (χ1) is 12.4. The van der Waals surface area contributed by atoms with Crippen molar-refractivity contribution in [3.05, 3.63) is 68.8 Å². The van der Waals surface area contributed by atoms with Crippen LogP contribution in [0.3, 0.4) is 0 Å². The molecule has 2 aromatic rings. The molecule has 0 unspecified atom stereocenters. The number of rotatable bonds is 5. The molecule has 1 aliphatic rings. The molecule has 0 radical (unpaired) electrons. The zero-order chi connectivity index (χ0) is 18.8. The van der Waals surface area contributed by atoms with Crippen molar-refractivity contribution in [2.45, 2.75) is 0 Å². The highest BCUT2D eigenvalue weighted by Gasteiger charge is 2.38. The Labute approximate surface area is 156 Å². The fraction of sp³-hybridized carbons (Fsp3) is 0.0588. The average molecular weight is 418 g/mol. The standard InChI is InChI=1S/C17H12BrN3O5/c1-26-13-8-2-10(3-9-13)19-15-14(18)16(22)20(17(15)23)11-4-6-12(7-5-11)21(24)25/h2-9,19H,1H3. The van der Waals surface area contributed by atoms with Gasteiger partial charge in [-0.05, 0) is 52.3 Å². The van der Waals surface area contributed by atoms with Gasteiger partial charge in [0.25, 0.3) is 17.5 Å². The lowest BCUT2D eigenvalue weighted by molar-refractivity contribution is -0.384. The number of ether oxygens (including phenoxy) is 1. The number of nitro benzene ring substituents is 1. The van der Waals surface area contributed by atoms with Crippen molar-refractivity contribution < 1.29 is 19.2 Å². The van der Waals surface area contributed by atoms with Gasteiger partial charge in [-0.15, -0.1) is 0 Å². The van der Waals surface area contributed by atoms with E-state index in [1.165, 1.54) is 24.3 Å². The van der Waals surface area contributed by atoms with Crippen LogP contribution >= 0.6 is 15.9 Å². The third kappa shape index (κ3) is 3.16. The molecule has 8 nitrogen and oxygen atoms in total. The predicted octanol–water partition coefficient (Wildman–Crippen LogP) is 3.20. The zero-order valence-corrected chi connectivity index (χ0v) is 15.0. The number of nitrogens with one attached hydrogen (secondary N) is 1. The maximum absolute atomic E-state index is 12.7. The van der Waals surface area contributed by atoms with Gasteiger partial charge in [0.1, 0.15) is 15.9 Å². The number of hydrogen-bond acceptors (Lipinski definition) is 6. The molecule has 0 bridgehead atoms. The van der Waals surface area contributed by atoms with Gasteiger partial charge in [-0.3, -0.25) is 19.7 Å². The SMILES string of the molecule is COc1ccc(NC2=C(Br)C(=O)N(c3ccc([N+](=O)[O-])cc3)C2=O)cc1. The van der Waals surface area contributed by atoms with Crippen LogP contribution in [-0.4, -0.2) is 23.8 Å². The lowest BCUT2D eigenvalue weighted by Gasteiger charge is -2.15. The number of carbonyl (C=O) groups excluding carboxylic acids is 2. The van der Waals surface area contributed by atoms with Crippen molar-refractivity contribution in [3.63, 3.8) is 0 Å². The Morgan fingerprint density at radius 1 is 1.04 bits per heavy atom. The zero-order valence-electron chi connectivity index (χ0n) is 13.4. The van der Waals surface area contributed by atoms with Crippen molar-refractivity contribution in [1.29, 1.82) is 0 Å². The van der Waals surface area contributed by atoms with E-state index in [0.717, 1.165) is 4.90 Å². The van der Waals surface area contributed by atoms with Crippen LogP contribution in [0.1, 0.15) is 0 Å². The molecule has 0 aliphatic carbocycles. The minimum Gasteiger partial charge on any atom is -0.497 e. The molecular weight excluding hydrogens is 406 g/mol. The molecular formula is C17H12BrN3O5. The van der Waals surface area contributed by atoms with E-state index in [4.69, 9.17) is 4.74 Å². The summed E-state index contributed by atoms with van der Waals surface area (Å²) in [6.45, 7) is 0. The minimum absolute atomic E-state index is 0.0803. The highest BCUT2D eigenvalue weighted by atomic mass is 79.9. The van der Waals surface area contributed by atoms with Gasteiger partial charge in [0, 0.05) is 17.8 Å². The molecule has 0 aromatic heterocycles. The van der Waals surface area contributed by atoms with Gasteiger partial charge >= 0.3 is 0 Å². The van der Waals surface area contributed by atoms with E-state index in [0.29, 0.717) is 11.4 Å². The smallest absolute Gasteiger partial charge is 0.283 e. The van der Waals surface area contributed by atoms with Crippen LogP contribution in [0.25, 0.3) is 0 Å². The molecule has 1 heterocycles. The number of carbonyl (C=O) groups is 2. The normalized spacial score (nSPS) is 14.0. The molecule has 1 aliphatic heterocycles. The Kier molecular flexibility index (Phi) is 4.72. The van der Waals surface area contributed by atoms with E-state index in [2.05, 4.69) is 21.2 Å². The summed E-state index contributed by atoms with van der Waals surface area (Å²) in [6.07, 6.45) is 0. The van der Waals surface area contributed by atoms with Gasteiger partial charge < -0.3 is 10.1 Å². The van der Waals surface area contributed by atoms with Crippen molar-refractivity contribution in [1.82, 2.24) is 0 Å². The molecule has 1 N–H and O–H groups in total. The fourth-order valence-corrected chi connectivity index (χ4v) is 2.83. The molecule has 3 rings (SSSR count). The van der Waals surface area contributed by atoms with Crippen molar-refractivity contribution >= 4 is 44.8 Å². The van der Waals surface area contributed by atoms with Gasteiger partial charge in [-0.25, -0.2) is 4.90 Å². The summed E-state index contributed by atoms with van der Waals surface area (Å²) in [5.41, 5.74) is 0.800. The lowest BCUT2D eigenvalue weighted by Crippen LogP contribution is -2.32. The summed E-state index contributed by atoms with van der Waals surface area (Å²) in [4.78, 5) is 36.2. The Hall–Kier alpha value is -3.20. The van der Waals surface area contributed by atoms with E-state index in [9.17, 15) is 19.7 Å². The van der Waals surface area contributed by atoms with E-state index in [-0.39, 0.29) is 21.6 Å².